The van der Waals surface area contributed by atoms with Crippen LogP contribution in [0.1, 0.15) is 11.3 Å². The molecule has 1 unspecified atom stereocenters. The van der Waals surface area contributed by atoms with E-state index in [9.17, 15) is 18.3 Å². The Kier molecular flexibility index (Phi) is 4.26. The molecule has 0 aliphatic rings. The van der Waals surface area contributed by atoms with E-state index < -0.39 is 27.9 Å². The first kappa shape index (κ1) is 18.3. The average molecular weight is 404 g/mol. The summed E-state index contributed by atoms with van der Waals surface area (Å²) in [5, 5.41) is 11.1. The number of hydrogen-bond donors (Lipinski definition) is 2. The van der Waals surface area contributed by atoms with E-state index in [0.29, 0.717) is 11.1 Å². The van der Waals surface area contributed by atoms with Crippen LogP contribution in [-0.4, -0.2) is 24.6 Å². The molecule has 0 fully saturated rings. The Morgan fingerprint density at radius 3 is 2.71 bits per heavy atom. The first-order valence-corrected chi connectivity index (χ1v) is 9.68. The molecule has 4 rings (SSSR count). The Hall–Kier alpha value is -3.08. The molecule has 0 saturated heterocycles. The first-order valence-electron chi connectivity index (χ1n) is 8.19. The van der Waals surface area contributed by atoms with Gasteiger partial charge in [-0.1, -0.05) is 0 Å². The van der Waals surface area contributed by atoms with Crippen LogP contribution < -0.4 is 10.5 Å². The molecule has 0 saturated carbocycles. The monoisotopic (exact) mass is 404 g/mol. The number of benzene rings is 1. The highest BCUT2D eigenvalue weighted by atomic mass is 32.2. The van der Waals surface area contributed by atoms with Crippen LogP contribution in [0.3, 0.4) is 0 Å². The van der Waals surface area contributed by atoms with E-state index >= 15 is 0 Å². The summed E-state index contributed by atoms with van der Waals surface area (Å²) < 4.78 is 44.5. The van der Waals surface area contributed by atoms with Crippen LogP contribution in [0.5, 0.6) is 0 Å². The molecule has 0 radical (unpaired) electrons. The second-order valence-electron chi connectivity index (χ2n) is 6.23. The first-order chi connectivity index (χ1) is 13.3. The summed E-state index contributed by atoms with van der Waals surface area (Å²) in [4.78, 5) is 11.5. The van der Waals surface area contributed by atoms with Gasteiger partial charge in [0.05, 0.1) is 35.7 Å². The molecule has 0 spiro atoms. The number of oxazole rings is 1. The van der Waals surface area contributed by atoms with Crippen LogP contribution in [-0.2, 0) is 22.7 Å². The summed E-state index contributed by atoms with van der Waals surface area (Å²) in [5.74, 6) is -0.436. The van der Waals surface area contributed by atoms with Gasteiger partial charge in [0.25, 0.3) is 0 Å². The second-order valence-corrected chi connectivity index (χ2v) is 8.00. The fourth-order valence-corrected chi connectivity index (χ4v) is 3.98. The lowest BCUT2D eigenvalue weighted by atomic mass is 9.94. The summed E-state index contributed by atoms with van der Waals surface area (Å²) in [6.45, 7) is -0.398. The molecule has 0 amide bonds. The maximum Gasteiger partial charge on any atom is 0.419 e. The van der Waals surface area contributed by atoms with Gasteiger partial charge in [0, 0.05) is 12.6 Å². The van der Waals surface area contributed by atoms with Crippen molar-refractivity contribution in [1.82, 2.24) is 9.29 Å². The molecule has 146 valence electrons. The lowest BCUT2D eigenvalue weighted by molar-refractivity contribution is 0.0613. The molecule has 0 bridgehead atoms. The molecule has 1 atom stereocenters. The van der Waals surface area contributed by atoms with Crippen LogP contribution >= 0.6 is 0 Å². The number of nitrogens with zero attached hydrogens (tertiary/aromatic N) is 1. The Labute approximate surface area is 158 Å². The molecular formula is C18H16N2O7S. The smallest absolute Gasteiger partial charge is 0.419 e. The quantitative estimate of drug-likeness (QED) is 0.499. The van der Waals surface area contributed by atoms with E-state index in [0.717, 1.165) is 0 Å². The maximum absolute atomic E-state index is 12.8. The topological polar surface area (TPSA) is 128 Å². The van der Waals surface area contributed by atoms with Gasteiger partial charge < -0.3 is 18.4 Å². The van der Waals surface area contributed by atoms with Gasteiger partial charge in [0.1, 0.15) is 5.76 Å². The molecule has 0 aliphatic carbocycles. The van der Waals surface area contributed by atoms with Crippen molar-refractivity contribution in [2.24, 2.45) is 7.05 Å². The largest absolute Gasteiger partial charge is 0.472 e. The minimum Gasteiger partial charge on any atom is -0.472 e. The summed E-state index contributed by atoms with van der Waals surface area (Å²) in [5.41, 5.74) is -0.824. The minimum atomic E-state index is -4.01. The Morgan fingerprint density at radius 1 is 1.21 bits per heavy atom. The maximum atomic E-state index is 12.8. The van der Waals surface area contributed by atoms with Crippen LogP contribution in [0, 0.1) is 0 Å². The Bertz CT molecular complexity index is 1230. The number of fused-ring (bicyclic) bond motifs is 1. The van der Waals surface area contributed by atoms with Crippen molar-refractivity contribution >= 4 is 21.1 Å². The summed E-state index contributed by atoms with van der Waals surface area (Å²) in [7, 11) is -2.54. The highest BCUT2D eigenvalue weighted by Gasteiger charge is 2.37. The van der Waals surface area contributed by atoms with Crippen LogP contribution in [0.15, 0.2) is 78.1 Å². The van der Waals surface area contributed by atoms with Crippen LogP contribution in [0.4, 0.5) is 0 Å². The molecule has 10 heteroatoms. The summed E-state index contributed by atoms with van der Waals surface area (Å²) in [6, 6.07) is 8.69. The molecule has 1 aromatic carbocycles. The third kappa shape index (κ3) is 2.97. The summed E-state index contributed by atoms with van der Waals surface area (Å²) in [6.07, 6.45) is 4.05. The normalized spacial score (nSPS) is 14.4. The molecule has 28 heavy (non-hydrogen) atoms. The lowest BCUT2D eigenvalue weighted by Crippen LogP contribution is -2.41. The standard InChI is InChI=1S/C18H16N2O7S/c1-20-14-9-13(4-5-15(14)27-17(20)21)28(23,24)19-11-18(22,12-6-8-25-10-12)16-3-2-7-26-16/h2-10,19,22H,11H2,1H3. The van der Waals surface area contributed by atoms with Gasteiger partial charge in [-0.2, -0.15) is 0 Å². The van der Waals surface area contributed by atoms with E-state index in [1.54, 1.807) is 6.07 Å². The predicted octanol–water partition coefficient (Wildman–Crippen LogP) is 1.53. The number of aryl methyl sites for hydroxylation is 1. The molecule has 3 heterocycles. The number of aromatic nitrogens is 1. The van der Waals surface area contributed by atoms with Crippen molar-refractivity contribution in [3.63, 3.8) is 0 Å². The predicted molar refractivity (Wildman–Crippen MR) is 97.1 cm³/mol. The van der Waals surface area contributed by atoms with Gasteiger partial charge in [-0.05, 0) is 36.4 Å². The highest BCUT2D eigenvalue weighted by Crippen LogP contribution is 2.30. The van der Waals surface area contributed by atoms with Crippen LogP contribution in [0.25, 0.3) is 11.1 Å². The van der Waals surface area contributed by atoms with Crippen molar-refractivity contribution in [1.29, 1.82) is 0 Å². The van der Waals surface area contributed by atoms with Gasteiger partial charge >= 0.3 is 5.76 Å². The Morgan fingerprint density at radius 2 is 2.04 bits per heavy atom. The van der Waals surface area contributed by atoms with Crippen molar-refractivity contribution < 1.29 is 26.8 Å². The van der Waals surface area contributed by atoms with Gasteiger partial charge in [-0.15, -0.1) is 0 Å². The minimum absolute atomic E-state index is 0.0783. The lowest BCUT2D eigenvalue weighted by Gasteiger charge is -2.25. The zero-order valence-corrected chi connectivity index (χ0v) is 15.5. The van der Waals surface area contributed by atoms with Gasteiger partial charge in [0.15, 0.2) is 11.2 Å². The molecule has 9 nitrogen and oxygen atoms in total. The van der Waals surface area contributed by atoms with Crippen molar-refractivity contribution in [3.8, 4) is 0 Å². The highest BCUT2D eigenvalue weighted by molar-refractivity contribution is 7.89. The molecule has 2 N–H and O–H groups in total. The van der Waals surface area contributed by atoms with E-state index in [1.165, 1.54) is 60.7 Å². The van der Waals surface area contributed by atoms with Gasteiger partial charge in [-0.25, -0.2) is 17.9 Å². The fourth-order valence-electron chi connectivity index (χ4n) is 2.90. The number of rotatable bonds is 6. The number of furan rings is 2. The molecular weight excluding hydrogens is 388 g/mol. The SMILES string of the molecule is Cn1c(=O)oc2ccc(S(=O)(=O)NCC(O)(c3ccoc3)c3ccco3)cc21. The third-order valence-electron chi connectivity index (χ3n) is 4.52. The number of nitrogens with one attached hydrogen (secondary N) is 1. The molecule has 0 aliphatic heterocycles. The van der Waals surface area contributed by atoms with E-state index in [2.05, 4.69) is 4.72 Å². The number of hydrogen-bond acceptors (Lipinski definition) is 7. The van der Waals surface area contributed by atoms with Crippen molar-refractivity contribution in [2.75, 3.05) is 6.54 Å². The number of sulfonamides is 1. The van der Waals surface area contributed by atoms with E-state index in [-0.39, 0.29) is 16.2 Å². The average Bonchev–Trinajstić information content (AvgIpc) is 3.43. The number of aliphatic hydroxyl groups is 1. The zero-order chi connectivity index (χ0) is 19.9. The van der Waals surface area contributed by atoms with E-state index in [1.807, 2.05) is 0 Å². The third-order valence-corrected chi connectivity index (χ3v) is 5.92. The Balaban J connectivity index is 1.67. The molecule has 4 aromatic rings. The van der Waals surface area contributed by atoms with Crippen molar-refractivity contribution in [3.05, 3.63) is 77.1 Å². The van der Waals surface area contributed by atoms with Crippen LogP contribution in [0.2, 0.25) is 0 Å². The molecule has 3 aromatic heterocycles. The zero-order valence-electron chi connectivity index (χ0n) is 14.7. The fraction of sp³-hybridized carbons (Fsp3) is 0.167. The van der Waals surface area contributed by atoms with Gasteiger partial charge in [-0.3, -0.25) is 4.57 Å². The van der Waals surface area contributed by atoms with E-state index in [4.69, 9.17) is 13.3 Å². The second kappa shape index (κ2) is 6.51. The van der Waals surface area contributed by atoms with Crippen molar-refractivity contribution in [2.45, 2.75) is 10.5 Å². The van der Waals surface area contributed by atoms with Gasteiger partial charge in [0.2, 0.25) is 10.0 Å². The summed E-state index contributed by atoms with van der Waals surface area (Å²) >= 11 is 0.